The lowest BCUT2D eigenvalue weighted by Gasteiger charge is -2.31. The molecule has 0 aliphatic carbocycles. The number of hydrogen-bond donors (Lipinski definition) is 1. The van der Waals surface area contributed by atoms with Gasteiger partial charge in [0.1, 0.15) is 0 Å². The van der Waals surface area contributed by atoms with Crippen LogP contribution in [-0.4, -0.2) is 61.7 Å². The van der Waals surface area contributed by atoms with Crippen LogP contribution in [0.25, 0.3) is 0 Å². The van der Waals surface area contributed by atoms with E-state index in [-0.39, 0.29) is 0 Å². The van der Waals surface area contributed by atoms with Gasteiger partial charge in [-0.1, -0.05) is 6.92 Å². The molecule has 4 nitrogen and oxygen atoms in total. The molecule has 0 saturated carbocycles. The van der Waals surface area contributed by atoms with Gasteiger partial charge in [-0.3, -0.25) is 9.89 Å². The first-order chi connectivity index (χ1) is 9.28. The summed E-state index contributed by atoms with van der Waals surface area (Å²) in [6.45, 7) is 3.99. The van der Waals surface area contributed by atoms with Crippen LogP contribution in [0, 0.1) is 5.92 Å². The largest absolute Gasteiger partial charge is 0.401 e. The molecule has 1 aliphatic heterocycles. The maximum Gasteiger partial charge on any atom is 0.401 e. The molecule has 0 aromatic carbocycles. The summed E-state index contributed by atoms with van der Waals surface area (Å²) in [6.07, 6.45) is -1.23. The van der Waals surface area contributed by atoms with E-state index in [2.05, 4.69) is 16.8 Å². The first kappa shape index (κ1) is 17.1. The molecule has 0 spiro atoms. The molecule has 2 N–H and O–H groups in total. The second-order valence-corrected chi connectivity index (χ2v) is 5.64. The fourth-order valence-electron chi connectivity index (χ4n) is 2.42. The molecule has 0 aromatic heterocycles. The van der Waals surface area contributed by atoms with Gasteiger partial charge in [0.2, 0.25) is 0 Å². The third-order valence-corrected chi connectivity index (χ3v) is 3.40. The Morgan fingerprint density at radius 3 is 2.75 bits per heavy atom. The highest BCUT2D eigenvalue weighted by Crippen LogP contribution is 2.16. The van der Waals surface area contributed by atoms with E-state index >= 15 is 0 Å². The van der Waals surface area contributed by atoms with E-state index in [1.54, 1.807) is 0 Å². The molecule has 1 heterocycles. The summed E-state index contributed by atoms with van der Waals surface area (Å²) in [6, 6.07) is 0. The van der Waals surface area contributed by atoms with Gasteiger partial charge in [-0.2, -0.15) is 13.2 Å². The van der Waals surface area contributed by atoms with Crippen LogP contribution >= 0.6 is 0 Å². The lowest BCUT2D eigenvalue weighted by Crippen LogP contribution is -2.43. The van der Waals surface area contributed by atoms with Crippen molar-refractivity contribution in [2.45, 2.75) is 32.4 Å². The lowest BCUT2D eigenvalue weighted by atomic mass is 10.0. The predicted molar refractivity (Wildman–Crippen MR) is 74.6 cm³/mol. The second-order valence-electron chi connectivity index (χ2n) is 5.64. The minimum atomic E-state index is -4.14. The average molecular weight is 294 g/mol. The van der Waals surface area contributed by atoms with Crippen molar-refractivity contribution in [1.29, 1.82) is 0 Å². The van der Waals surface area contributed by atoms with Gasteiger partial charge < -0.3 is 10.6 Å². The van der Waals surface area contributed by atoms with Gasteiger partial charge >= 0.3 is 6.18 Å². The molecule has 0 radical (unpaired) electrons. The van der Waals surface area contributed by atoms with Gasteiger partial charge in [-0.05, 0) is 38.8 Å². The van der Waals surface area contributed by atoms with Crippen LogP contribution in [0.4, 0.5) is 13.2 Å². The maximum absolute atomic E-state index is 12.1. The molecule has 0 aromatic rings. The SMILES string of the molecule is CC1CCCN(C(N)=NCCCN(C)CC(F)(F)F)C1. The minimum Gasteiger partial charge on any atom is -0.370 e. The minimum absolute atomic E-state index is 0.368. The lowest BCUT2D eigenvalue weighted by molar-refractivity contribution is -0.143. The fraction of sp³-hybridized carbons (Fsp3) is 0.923. The van der Waals surface area contributed by atoms with E-state index in [1.165, 1.54) is 18.4 Å². The smallest absolute Gasteiger partial charge is 0.370 e. The topological polar surface area (TPSA) is 44.9 Å². The van der Waals surface area contributed by atoms with Crippen molar-refractivity contribution < 1.29 is 13.2 Å². The summed E-state index contributed by atoms with van der Waals surface area (Å²) in [5, 5.41) is 0. The van der Waals surface area contributed by atoms with E-state index in [0.717, 1.165) is 19.5 Å². The van der Waals surface area contributed by atoms with E-state index in [0.29, 0.717) is 31.4 Å². The van der Waals surface area contributed by atoms with Crippen molar-refractivity contribution in [2.24, 2.45) is 16.6 Å². The number of aliphatic imine (C=N–C) groups is 1. The number of alkyl halides is 3. The van der Waals surface area contributed by atoms with Crippen molar-refractivity contribution in [3.05, 3.63) is 0 Å². The molecule has 0 amide bonds. The van der Waals surface area contributed by atoms with Crippen LogP contribution in [0.1, 0.15) is 26.2 Å². The summed E-state index contributed by atoms with van der Waals surface area (Å²) in [4.78, 5) is 7.58. The van der Waals surface area contributed by atoms with E-state index in [4.69, 9.17) is 5.73 Å². The van der Waals surface area contributed by atoms with Crippen molar-refractivity contribution in [1.82, 2.24) is 9.80 Å². The molecular formula is C13H25F3N4. The van der Waals surface area contributed by atoms with Crippen molar-refractivity contribution in [3.8, 4) is 0 Å². The Hall–Kier alpha value is -0.980. The maximum atomic E-state index is 12.1. The Morgan fingerprint density at radius 1 is 1.45 bits per heavy atom. The second kappa shape index (κ2) is 7.71. The molecule has 7 heteroatoms. The number of nitrogens with two attached hydrogens (primary N) is 1. The number of rotatable bonds is 5. The van der Waals surface area contributed by atoms with Gasteiger partial charge in [0.05, 0.1) is 6.54 Å². The molecule has 1 atom stereocenters. The standard InChI is InChI=1S/C13H25F3N4/c1-11-5-3-8-20(9-11)12(17)18-6-4-7-19(2)10-13(14,15)16/h11H,3-10H2,1-2H3,(H2,17,18). The monoisotopic (exact) mass is 294 g/mol. The Labute approximate surface area is 118 Å². The van der Waals surface area contributed by atoms with Crippen molar-refractivity contribution in [3.63, 3.8) is 0 Å². The quantitative estimate of drug-likeness (QED) is 0.479. The van der Waals surface area contributed by atoms with E-state index < -0.39 is 12.7 Å². The summed E-state index contributed by atoms with van der Waals surface area (Å²) < 4.78 is 36.4. The van der Waals surface area contributed by atoms with Gasteiger partial charge in [-0.25, -0.2) is 0 Å². The van der Waals surface area contributed by atoms with Crippen LogP contribution in [0.5, 0.6) is 0 Å². The van der Waals surface area contributed by atoms with E-state index in [9.17, 15) is 13.2 Å². The van der Waals surface area contributed by atoms with Gasteiger partial charge in [-0.15, -0.1) is 0 Å². The van der Waals surface area contributed by atoms with Gasteiger partial charge in [0, 0.05) is 19.6 Å². The molecule has 1 saturated heterocycles. The molecule has 0 bridgehead atoms. The summed E-state index contributed by atoms with van der Waals surface area (Å²) in [5.41, 5.74) is 5.91. The molecule has 1 unspecified atom stereocenters. The fourth-order valence-corrected chi connectivity index (χ4v) is 2.42. The summed E-state index contributed by atoms with van der Waals surface area (Å²) in [7, 11) is 1.47. The van der Waals surface area contributed by atoms with Crippen molar-refractivity contribution >= 4 is 5.96 Å². The Morgan fingerprint density at radius 2 is 2.15 bits per heavy atom. The average Bonchev–Trinajstić information content (AvgIpc) is 2.32. The van der Waals surface area contributed by atoms with Crippen LogP contribution in [0.15, 0.2) is 4.99 Å². The predicted octanol–water partition coefficient (Wildman–Crippen LogP) is 1.92. The zero-order chi connectivity index (χ0) is 15.2. The van der Waals surface area contributed by atoms with Crippen LogP contribution in [-0.2, 0) is 0 Å². The molecular weight excluding hydrogens is 269 g/mol. The molecule has 20 heavy (non-hydrogen) atoms. The van der Waals surface area contributed by atoms with Gasteiger partial charge in [0.15, 0.2) is 5.96 Å². The van der Waals surface area contributed by atoms with Crippen LogP contribution in [0.3, 0.4) is 0 Å². The first-order valence-electron chi connectivity index (χ1n) is 7.08. The zero-order valence-corrected chi connectivity index (χ0v) is 12.3. The Kier molecular flexibility index (Phi) is 6.58. The third-order valence-electron chi connectivity index (χ3n) is 3.40. The van der Waals surface area contributed by atoms with Crippen LogP contribution in [0.2, 0.25) is 0 Å². The number of likely N-dealkylation sites (tertiary alicyclic amines) is 1. The van der Waals surface area contributed by atoms with Crippen molar-refractivity contribution in [2.75, 3.05) is 39.8 Å². The van der Waals surface area contributed by atoms with Gasteiger partial charge in [0.25, 0.3) is 0 Å². The first-order valence-corrected chi connectivity index (χ1v) is 7.08. The molecule has 1 aliphatic rings. The number of piperidine rings is 1. The number of guanidine groups is 1. The molecule has 1 fully saturated rings. The third kappa shape index (κ3) is 6.98. The summed E-state index contributed by atoms with van der Waals surface area (Å²) >= 11 is 0. The highest BCUT2D eigenvalue weighted by molar-refractivity contribution is 5.78. The zero-order valence-electron chi connectivity index (χ0n) is 12.3. The molecule has 1 rings (SSSR count). The van der Waals surface area contributed by atoms with Crippen LogP contribution < -0.4 is 5.73 Å². The Balaban J connectivity index is 2.23. The normalized spacial score (nSPS) is 21.6. The highest BCUT2D eigenvalue weighted by Gasteiger charge is 2.28. The molecule has 118 valence electrons. The number of nitrogens with zero attached hydrogens (tertiary/aromatic N) is 3. The highest BCUT2D eigenvalue weighted by atomic mass is 19.4. The Bertz CT molecular complexity index is 317. The number of halogens is 3. The summed E-state index contributed by atoms with van der Waals surface area (Å²) in [5.74, 6) is 1.14. The van der Waals surface area contributed by atoms with E-state index in [1.807, 2.05) is 0 Å². The number of hydrogen-bond acceptors (Lipinski definition) is 2.